The third-order valence-electron chi connectivity index (χ3n) is 4.29. The van der Waals surface area contributed by atoms with Crippen LogP contribution in [0.1, 0.15) is 38.2 Å². The molecular weight excluding hydrogens is 264 g/mol. The molecule has 1 aliphatic carbocycles. The van der Waals surface area contributed by atoms with E-state index in [-0.39, 0.29) is 17.9 Å². The highest BCUT2D eigenvalue weighted by Gasteiger charge is 2.41. The fourth-order valence-electron chi connectivity index (χ4n) is 2.94. The summed E-state index contributed by atoms with van der Waals surface area (Å²) in [5, 5.41) is 2.89. The first-order valence-electron chi connectivity index (χ1n) is 7.88. The van der Waals surface area contributed by atoms with Crippen molar-refractivity contribution >= 4 is 17.5 Å². The molecule has 0 radical (unpaired) electrons. The summed E-state index contributed by atoms with van der Waals surface area (Å²) in [7, 11) is 0. The first kappa shape index (κ1) is 14.1. The van der Waals surface area contributed by atoms with E-state index >= 15 is 0 Å². The van der Waals surface area contributed by atoms with Crippen LogP contribution in [-0.4, -0.2) is 24.4 Å². The van der Waals surface area contributed by atoms with Crippen molar-refractivity contribution in [3.05, 3.63) is 29.8 Å². The van der Waals surface area contributed by atoms with Gasteiger partial charge in [-0.15, -0.1) is 0 Å². The predicted molar refractivity (Wildman–Crippen MR) is 82.1 cm³/mol. The van der Waals surface area contributed by atoms with Gasteiger partial charge in [0.1, 0.15) is 6.04 Å². The zero-order valence-corrected chi connectivity index (χ0v) is 12.5. The first-order valence-corrected chi connectivity index (χ1v) is 7.88. The summed E-state index contributed by atoms with van der Waals surface area (Å²) in [6, 6.07) is 7.84. The van der Waals surface area contributed by atoms with Crippen LogP contribution < -0.4 is 10.2 Å². The van der Waals surface area contributed by atoms with Gasteiger partial charge in [0.2, 0.25) is 11.8 Å². The average Bonchev–Trinajstić information content (AvgIpc) is 3.31. The third kappa shape index (κ3) is 3.09. The molecule has 0 bridgehead atoms. The van der Waals surface area contributed by atoms with Crippen molar-refractivity contribution in [3.63, 3.8) is 0 Å². The summed E-state index contributed by atoms with van der Waals surface area (Å²) >= 11 is 0. The average molecular weight is 286 g/mol. The molecule has 1 saturated carbocycles. The van der Waals surface area contributed by atoms with E-state index in [1.807, 2.05) is 12.1 Å². The first-order chi connectivity index (χ1) is 10.2. The Labute approximate surface area is 125 Å². The maximum atomic E-state index is 12.7. The fourth-order valence-corrected chi connectivity index (χ4v) is 2.94. The van der Waals surface area contributed by atoms with E-state index in [1.54, 1.807) is 4.90 Å². The molecule has 21 heavy (non-hydrogen) atoms. The van der Waals surface area contributed by atoms with E-state index in [2.05, 4.69) is 24.4 Å². The van der Waals surface area contributed by atoms with Crippen LogP contribution in [0.3, 0.4) is 0 Å². The van der Waals surface area contributed by atoms with Gasteiger partial charge in [-0.1, -0.05) is 25.5 Å². The van der Waals surface area contributed by atoms with Crippen LogP contribution in [0.15, 0.2) is 24.3 Å². The lowest BCUT2D eigenvalue weighted by atomic mass is 10.1. The number of carbonyl (C=O) groups excluding carboxylic acids is 2. The zero-order chi connectivity index (χ0) is 14.8. The van der Waals surface area contributed by atoms with Crippen molar-refractivity contribution in [1.29, 1.82) is 0 Å². The third-order valence-corrected chi connectivity index (χ3v) is 4.29. The van der Waals surface area contributed by atoms with Crippen molar-refractivity contribution in [3.8, 4) is 0 Å². The molecule has 4 nitrogen and oxygen atoms in total. The van der Waals surface area contributed by atoms with E-state index in [0.29, 0.717) is 18.9 Å². The highest BCUT2D eigenvalue weighted by atomic mass is 16.2. The molecule has 1 heterocycles. The number of hydrogen-bond donors (Lipinski definition) is 1. The van der Waals surface area contributed by atoms with Gasteiger partial charge in [-0.25, -0.2) is 0 Å². The minimum atomic E-state index is -0.324. The molecule has 3 rings (SSSR count). The normalized spacial score (nSPS) is 22.9. The van der Waals surface area contributed by atoms with Crippen molar-refractivity contribution in [1.82, 2.24) is 5.32 Å². The molecule has 0 aromatic heterocycles. The van der Waals surface area contributed by atoms with Crippen LogP contribution in [0.2, 0.25) is 0 Å². The molecule has 2 amide bonds. The van der Waals surface area contributed by atoms with Crippen LogP contribution in [0.5, 0.6) is 0 Å². The van der Waals surface area contributed by atoms with Gasteiger partial charge in [0.25, 0.3) is 0 Å². The standard InChI is InChI=1S/C17H22N2O2/c1-2-3-12-4-8-14(9-5-12)19-11-10-15(20)18-16(17(19)21)13-6-7-13/h4-5,8-9,13,16H,2-3,6-7,10-11H2,1H3,(H,18,20). The Bertz CT molecular complexity index is 534. The highest BCUT2D eigenvalue weighted by Crippen LogP contribution is 2.35. The molecular formula is C17H22N2O2. The monoisotopic (exact) mass is 286 g/mol. The van der Waals surface area contributed by atoms with Gasteiger partial charge in [-0.05, 0) is 42.9 Å². The Morgan fingerprint density at radius 3 is 2.52 bits per heavy atom. The van der Waals surface area contributed by atoms with Gasteiger partial charge < -0.3 is 10.2 Å². The number of nitrogens with zero attached hydrogens (tertiary/aromatic N) is 1. The Kier molecular flexibility index (Phi) is 3.95. The summed E-state index contributed by atoms with van der Waals surface area (Å²) in [5.41, 5.74) is 2.19. The second kappa shape index (κ2) is 5.88. The van der Waals surface area contributed by atoms with Crippen LogP contribution in [-0.2, 0) is 16.0 Å². The molecule has 1 N–H and O–H groups in total. The van der Waals surface area contributed by atoms with Crippen molar-refractivity contribution in [2.24, 2.45) is 5.92 Å². The van der Waals surface area contributed by atoms with Gasteiger partial charge in [-0.3, -0.25) is 9.59 Å². The van der Waals surface area contributed by atoms with Crippen molar-refractivity contribution in [2.75, 3.05) is 11.4 Å². The Morgan fingerprint density at radius 1 is 1.19 bits per heavy atom. The van der Waals surface area contributed by atoms with Crippen LogP contribution >= 0.6 is 0 Å². The lowest BCUT2D eigenvalue weighted by molar-refractivity contribution is -0.126. The van der Waals surface area contributed by atoms with Crippen LogP contribution in [0.4, 0.5) is 5.69 Å². The SMILES string of the molecule is CCCc1ccc(N2CCC(=O)NC(C3CC3)C2=O)cc1. The number of amides is 2. The molecule has 1 aliphatic heterocycles. The topological polar surface area (TPSA) is 49.4 Å². The maximum Gasteiger partial charge on any atom is 0.249 e. The Balaban J connectivity index is 1.81. The van der Waals surface area contributed by atoms with Gasteiger partial charge in [0.05, 0.1) is 0 Å². The number of aryl methyl sites for hydroxylation is 1. The lowest BCUT2D eigenvalue weighted by Gasteiger charge is -2.24. The summed E-state index contributed by atoms with van der Waals surface area (Å²) in [5.74, 6) is 0.373. The smallest absolute Gasteiger partial charge is 0.249 e. The molecule has 4 heteroatoms. The molecule has 1 saturated heterocycles. The zero-order valence-electron chi connectivity index (χ0n) is 12.5. The molecule has 1 aromatic rings. The number of hydrogen-bond acceptors (Lipinski definition) is 2. The number of anilines is 1. The second-order valence-electron chi connectivity index (χ2n) is 6.04. The maximum absolute atomic E-state index is 12.7. The minimum absolute atomic E-state index is 0.00893. The van der Waals surface area contributed by atoms with Crippen molar-refractivity contribution in [2.45, 2.75) is 45.1 Å². The van der Waals surface area contributed by atoms with E-state index < -0.39 is 0 Å². The molecule has 1 aromatic carbocycles. The number of carbonyl (C=O) groups is 2. The van der Waals surface area contributed by atoms with E-state index in [9.17, 15) is 9.59 Å². The summed E-state index contributed by atoms with van der Waals surface area (Å²) in [6.07, 6.45) is 4.63. The van der Waals surface area contributed by atoms with E-state index in [1.165, 1.54) is 5.56 Å². The predicted octanol–water partition coefficient (Wildman–Crippen LogP) is 2.27. The molecule has 0 spiro atoms. The summed E-state index contributed by atoms with van der Waals surface area (Å²) in [6.45, 7) is 2.63. The molecule has 2 aliphatic rings. The van der Waals surface area contributed by atoms with E-state index in [0.717, 1.165) is 31.4 Å². The van der Waals surface area contributed by atoms with E-state index in [4.69, 9.17) is 0 Å². The highest BCUT2D eigenvalue weighted by molar-refractivity contribution is 6.01. The van der Waals surface area contributed by atoms with Gasteiger partial charge >= 0.3 is 0 Å². The summed E-state index contributed by atoms with van der Waals surface area (Å²) < 4.78 is 0. The molecule has 2 fully saturated rings. The van der Waals surface area contributed by atoms with Gasteiger partial charge in [0, 0.05) is 18.7 Å². The van der Waals surface area contributed by atoms with Crippen LogP contribution in [0, 0.1) is 5.92 Å². The number of nitrogens with one attached hydrogen (secondary N) is 1. The molecule has 1 atom stereocenters. The molecule has 1 unspecified atom stereocenters. The second-order valence-corrected chi connectivity index (χ2v) is 6.04. The van der Waals surface area contributed by atoms with Crippen molar-refractivity contribution < 1.29 is 9.59 Å². The molecule has 112 valence electrons. The fraction of sp³-hybridized carbons (Fsp3) is 0.529. The van der Waals surface area contributed by atoms with Gasteiger partial charge in [0.15, 0.2) is 0 Å². The number of benzene rings is 1. The Morgan fingerprint density at radius 2 is 1.90 bits per heavy atom. The lowest BCUT2D eigenvalue weighted by Crippen LogP contribution is -2.46. The van der Waals surface area contributed by atoms with Crippen LogP contribution in [0.25, 0.3) is 0 Å². The number of rotatable bonds is 4. The Hall–Kier alpha value is -1.84. The minimum Gasteiger partial charge on any atom is -0.344 e. The largest absolute Gasteiger partial charge is 0.344 e. The summed E-state index contributed by atoms with van der Waals surface area (Å²) in [4.78, 5) is 26.3. The van der Waals surface area contributed by atoms with Gasteiger partial charge in [-0.2, -0.15) is 0 Å². The quantitative estimate of drug-likeness (QED) is 0.923.